The number of methoxy groups -OCH3 is 1. The molecule has 0 aromatic heterocycles. The maximum atomic E-state index is 9.38. The molecule has 0 saturated carbocycles. The quantitative estimate of drug-likeness (QED) is 0.704. The highest BCUT2D eigenvalue weighted by Crippen LogP contribution is 2.28. The van der Waals surface area contributed by atoms with Gasteiger partial charge in [-0.2, -0.15) is 0 Å². The molecule has 0 amide bonds. The molecule has 1 aromatic rings. The molecule has 0 aliphatic carbocycles. The molecular weight excluding hydrogens is 206 g/mol. The Labute approximate surface area is 88.7 Å². The van der Waals surface area contributed by atoms with Crippen molar-refractivity contribution in [2.45, 2.75) is 6.10 Å². The summed E-state index contributed by atoms with van der Waals surface area (Å²) in [5, 5.41) is 18.6. The van der Waals surface area contributed by atoms with Crippen LogP contribution in [0.5, 0.6) is 11.5 Å². The third-order valence-electron chi connectivity index (χ3n) is 1.81. The fraction of sp³-hybridized carbons (Fsp3) is 0.333. The monoisotopic (exact) mass is 219 g/mol. The van der Waals surface area contributed by atoms with Gasteiger partial charge >= 0.3 is 0 Å². The summed E-state index contributed by atoms with van der Waals surface area (Å²) >= 11 is 0. The number of halogens is 1. The molecular formula is C9H14ClNO3. The van der Waals surface area contributed by atoms with E-state index in [0.717, 1.165) is 0 Å². The van der Waals surface area contributed by atoms with Gasteiger partial charge in [0.2, 0.25) is 0 Å². The van der Waals surface area contributed by atoms with E-state index < -0.39 is 6.10 Å². The number of phenolic OH excluding ortho intramolecular Hbond substituents is 1. The Morgan fingerprint density at radius 1 is 1.50 bits per heavy atom. The Morgan fingerprint density at radius 3 is 2.64 bits per heavy atom. The van der Waals surface area contributed by atoms with E-state index in [4.69, 9.17) is 10.5 Å². The molecule has 1 aromatic carbocycles. The number of hydrogen-bond donors (Lipinski definition) is 3. The van der Waals surface area contributed by atoms with Gasteiger partial charge in [0, 0.05) is 6.54 Å². The zero-order valence-electron chi connectivity index (χ0n) is 7.80. The van der Waals surface area contributed by atoms with E-state index in [9.17, 15) is 10.2 Å². The highest BCUT2D eigenvalue weighted by molar-refractivity contribution is 5.85. The molecule has 0 fully saturated rings. The van der Waals surface area contributed by atoms with Gasteiger partial charge in [-0.3, -0.25) is 0 Å². The van der Waals surface area contributed by atoms with E-state index in [1.165, 1.54) is 13.2 Å². The standard InChI is InChI=1S/C9H13NO3.ClH/c1-13-9-4-6(8(12)5-10)2-3-7(9)11;/h2-4,8,11-12H,5,10H2,1H3;1H. The molecule has 0 aliphatic rings. The van der Waals surface area contributed by atoms with E-state index in [1.807, 2.05) is 0 Å². The second kappa shape index (κ2) is 5.70. The summed E-state index contributed by atoms with van der Waals surface area (Å²) in [4.78, 5) is 0. The summed E-state index contributed by atoms with van der Waals surface area (Å²) in [5.41, 5.74) is 5.92. The Balaban J connectivity index is 0.00000169. The molecule has 0 bridgehead atoms. The minimum Gasteiger partial charge on any atom is -0.504 e. The first kappa shape index (κ1) is 13.0. The number of aliphatic hydroxyl groups excluding tert-OH is 1. The van der Waals surface area contributed by atoms with Gasteiger partial charge in [-0.25, -0.2) is 0 Å². The van der Waals surface area contributed by atoms with Gasteiger partial charge in [0.15, 0.2) is 11.5 Å². The van der Waals surface area contributed by atoms with Crippen molar-refractivity contribution in [3.8, 4) is 11.5 Å². The fourth-order valence-electron chi connectivity index (χ4n) is 1.04. The minimum absolute atomic E-state index is 0. The zero-order valence-corrected chi connectivity index (χ0v) is 8.62. The number of ether oxygens (including phenoxy) is 1. The van der Waals surface area contributed by atoms with Gasteiger partial charge in [-0.15, -0.1) is 12.4 Å². The van der Waals surface area contributed by atoms with Crippen LogP contribution < -0.4 is 10.5 Å². The molecule has 5 heteroatoms. The topological polar surface area (TPSA) is 75.7 Å². The summed E-state index contributed by atoms with van der Waals surface area (Å²) < 4.78 is 4.88. The third-order valence-corrected chi connectivity index (χ3v) is 1.81. The van der Waals surface area contributed by atoms with Crippen LogP contribution in [0.25, 0.3) is 0 Å². The van der Waals surface area contributed by atoms with Crippen molar-refractivity contribution >= 4 is 12.4 Å². The van der Waals surface area contributed by atoms with Crippen LogP contribution in [0.1, 0.15) is 11.7 Å². The average Bonchev–Trinajstić information content (AvgIpc) is 2.17. The molecule has 1 rings (SSSR count). The van der Waals surface area contributed by atoms with Crippen LogP contribution >= 0.6 is 12.4 Å². The summed E-state index contributed by atoms with van der Waals surface area (Å²) in [6.45, 7) is 0.147. The molecule has 0 saturated heterocycles. The van der Waals surface area contributed by atoms with Crippen LogP contribution in [0.3, 0.4) is 0 Å². The zero-order chi connectivity index (χ0) is 9.84. The van der Waals surface area contributed by atoms with Gasteiger partial charge in [0.25, 0.3) is 0 Å². The lowest BCUT2D eigenvalue weighted by molar-refractivity contribution is 0.186. The highest BCUT2D eigenvalue weighted by Gasteiger charge is 2.08. The van der Waals surface area contributed by atoms with E-state index in [-0.39, 0.29) is 24.7 Å². The van der Waals surface area contributed by atoms with E-state index in [0.29, 0.717) is 11.3 Å². The average molecular weight is 220 g/mol. The maximum Gasteiger partial charge on any atom is 0.160 e. The lowest BCUT2D eigenvalue weighted by Gasteiger charge is -2.10. The van der Waals surface area contributed by atoms with Crippen molar-refractivity contribution in [3.63, 3.8) is 0 Å². The highest BCUT2D eigenvalue weighted by atomic mass is 35.5. The van der Waals surface area contributed by atoms with Gasteiger partial charge in [0.1, 0.15) is 0 Å². The number of aromatic hydroxyl groups is 1. The van der Waals surface area contributed by atoms with Crippen LogP contribution in [-0.4, -0.2) is 23.9 Å². The van der Waals surface area contributed by atoms with Gasteiger partial charge < -0.3 is 20.7 Å². The molecule has 0 aliphatic heterocycles. The SMILES string of the molecule is COc1cc(C(O)CN)ccc1O.Cl. The normalized spacial score (nSPS) is 11.6. The third kappa shape index (κ3) is 2.77. The Bertz CT molecular complexity index is 293. The molecule has 0 spiro atoms. The number of hydrogen-bond acceptors (Lipinski definition) is 4. The first-order valence-corrected chi connectivity index (χ1v) is 3.94. The van der Waals surface area contributed by atoms with Crippen molar-refractivity contribution in [1.29, 1.82) is 0 Å². The summed E-state index contributed by atoms with van der Waals surface area (Å²) in [7, 11) is 1.45. The Hall–Kier alpha value is -0.970. The fourth-order valence-corrected chi connectivity index (χ4v) is 1.04. The van der Waals surface area contributed by atoms with Crippen LogP contribution in [-0.2, 0) is 0 Å². The molecule has 80 valence electrons. The number of nitrogens with two attached hydrogens (primary N) is 1. The van der Waals surface area contributed by atoms with Gasteiger partial charge in [0.05, 0.1) is 13.2 Å². The van der Waals surface area contributed by atoms with Crippen molar-refractivity contribution in [1.82, 2.24) is 0 Å². The number of phenols is 1. The van der Waals surface area contributed by atoms with E-state index in [2.05, 4.69) is 0 Å². The van der Waals surface area contributed by atoms with E-state index in [1.54, 1.807) is 12.1 Å². The van der Waals surface area contributed by atoms with Gasteiger partial charge in [-0.05, 0) is 17.7 Å². The molecule has 0 heterocycles. The summed E-state index contributed by atoms with van der Waals surface area (Å²) in [5.74, 6) is 0.389. The van der Waals surface area contributed by atoms with Crippen LogP contribution in [0.15, 0.2) is 18.2 Å². The Morgan fingerprint density at radius 2 is 2.14 bits per heavy atom. The lowest BCUT2D eigenvalue weighted by atomic mass is 10.1. The summed E-state index contributed by atoms with van der Waals surface area (Å²) in [6, 6.07) is 4.63. The number of benzene rings is 1. The first-order chi connectivity index (χ1) is 6.19. The van der Waals surface area contributed by atoms with Crippen molar-refractivity contribution < 1.29 is 14.9 Å². The van der Waals surface area contributed by atoms with Crippen molar-refractivity contribution in [3.05, 3.63) is 23.8 Å². The maximum absolute atomic E-state index is 9.38. The Kier molecular flexibility index (Phi) is 5.30. The van der Waals surface area contributed by atoms with Crippen molar-refractivity contribution in [2.75, 3.05) is 13.7 Å². The number of aliphatic hydroxyl groups is 1. The second-order valence-corrected chi connectivity index (χ2v) is 2.68. The molecule has 1 unspecified atom stereocenters. The predicted octanol–water partition coefficient (Wildman–Crippen LogP) is 0.815. The van der Waals surface area contributed by atoms with Gasteiger partial charge in [-0.1, -0.05) is 6.07 Å². The summed E-state index contributed by atoms with van der Waals surface area (Å²) in [6.07, 6.45) is -0.713. The lowest BCUT2D eigenvalue weighted by Crippen LogP contribution is -2.11. The molecule has 0 radical (unpaired) electrons. The predicted molar refractivity (Wildman–Crippen MR) is 55.9 cm³/mol. The molecule has 1 atom stereocenters. The molecule has 4 N–H and O–H groups in total. The second-order valence-electron chi connectivity index (χ2n) is 2.68. The van der Waals surface area contributed by atoms with Crippen molar-refractivity contribution in [2.24, 2.45) is 5.73 Å². The minimum atomic E-state index is -0.713. The largest absolute Gasteiger partial charge is 0.504 e. The number of rotatable bonds is 3. The molecule has 14 heavy (non-hydrogen) atoms. The molecule has 4 nitrogen and oxygen atoms in total. The first-order valence-electron chi connectivity index (χ1n) is 3.94. The van der Waals surface area contributed by atoms with Crippen LogP contribution in [0.4, 0.5) is 0 Å². The van der Waals surface area contributed by atoms with Crippen LogP contribution in [0.2, 0.25) is 0 Å². The van der Waals surface area contributed by atoms with Crippen LogP contribution in [0, 0.1) is 0 Å². The smallest absolute Gasteiger partial charge is 0.160 e. The van der Waals surface area contributed by atoms with E-state index >= 15 is 0 Å².